The summed E-state index contributed by atoms with van der Waals surface area (Å²) in [6.45, 7) is 10.2. The minimum Gasteiger partial charge on any atom is -0.372 e. The van der Waals surface area contributed by atoms with Crippen LogP contribution in [0.4, 0.5) is 11.4 Å². The van der Waals surface area contributed by atoms with Crippen molar-refractivity contribution in [2.75, 3.05) is 23.3 Å². The summed E-state index contributed by atoms with van der Waals surface area (Å²) in [5.41, 5.74) is 8.93. The molecule has 0 saturated carbocycles. The molecule has 1 heterocycles. The van der Waals surface area contributed by atoms with Gasteiger partial charge in [0.15, 0.2) is 0 Å². The standard InChI is InChI=1S/C17H27N3O/c1-12-11-13(20-9-5-6-10-20)7-8-14(12)19-16(21)15(18)17(2,3)4/h7-8,11,15H,5-6,9-10,18H2,1-4H3,(H,19,21). The molecule has 0 radical (unpaired) electrons. The molecule has 2 rings (SSSR count). The van der Waals surface area contributed by atoms with Crippen molar-refractivity contribution in [2.24, 2.45) is 11.1 Å². The van der Waals surface area contributed by atoms with Crippen LogP contribution in [0.25, 0.3) is 0 Å². The Morgan fingerprint density at radius 3 is 2.43 bits per heavy atom. The number of nitrogens with one attached hydrogen (secondary N) is 1. The molecule has 1 aromatic rings. The summed E-state index contributed by atoms with van der Waals surface area (Å²) in [6.07, 6.45) is 2.52. The second-order valence-corrected chi connectivity index (χ2v) is 7.03. The number of benzene rings is 1. The highest BCUT2D eigenvalue weighted by atomic mass is 16.2. The number of nitrogens with two attached hydrogens (primary N) is 1. The van der Waals surface area contributed by atoms with Crippen molar-refractivity contribution in [3.8, 4) is 0 Å². The first-order valence-corrected chi connectivity index (χ1v) is 7.71. The van der Waals surface area contributed by atoms with Gasteiger partial charge in [-0.2, -0.15) is 0 Å². The first-order valence-electron chi connectivity index (χ1n) is 7.71. The molecule has 1 fully saturated rings. The zero-order chi connectivity index (χ0) is 15.6. The van der Waals surface area contributed by atoms with Gasteiger partial charge in [0.25, 0.3) is 0 Å². The van der Waals surface area contributed by atoms with Gasteiger partial charge in [-0.25, -0.2) is 0 Å². The van der Waals surface area contributed by atoms with E-state index in [0.29, 0.717) is 0 Å². The van der Waals surface area contributed by atoms with Crippen molar-refractivity contribution < 1.29 is 4.79 Å². The van der Waals surface area contributed by atoms with E-state index < -0.39 is 6.04 Å². The Balaban J connectivity index is 2.09. The van der Waals surface area contributed by atoms with Crippen molar-refractivity contribution in [1.29, 1.82) is 0 Å². The number of amides is 1. The second-order valence-electron chi connectivity index (χ2n) is 7.03. The number of hydrogen-bond acceptors (Lipinski definition) is 3. The molecule has 4 heteroatoms. The smallest absolute Gasteiger partial charge is 0.241 e. The predicted molar refractivity (Wildman–Crippen MR) is 88.7 cm³/mol. The highest BCUT2D eigenvalue weighted by Gasteiger charge is 2.27. The lowest BCUT2D eigenvalue weighted by Gasteiger charge is -2.26. The molecule has 0 spiro atoms. The lowest BCUT2D eigenvalue weighted by Crippen LogP contribution is -2.45. The maximum absolute atomic E-state index is 12.2. The molecular weight excluding hydrogens is 262 g/mol. The van der Waals surface area contributed by atoms with Crippen molar-refractivity contribution in [3.05, 3.63) is 23.8 Å². The van der Waals surface area contributed by atoms with Gasteiger partial charge in [0, 0.05) is 24.5 Å². The number of aryl methyl sites for hydroxylation is 1. The van der Waals surface area contributed by atoms with E-state index >= 15 is 0 Å². The molecule has 1 aliphatic heterocycles. The second kappa shape index (κ2) is 6.06. The van der Waals surface area contributed by atoms with Crippen LogP contribution in [0.15, 0.2) is 18.2 Å². The summed E-state index contributed by atoms with van der Waals surface area (Å²) in [5.74, 6) is -0.125. The van der Waals surface area contributed by atoms with Crippen LogP contribution in [0.2, 0.25) is 0 Å². The third-order valence-corrected chi connectivity index (χ3v) is 4.15. The number of rotatable bonds is 3. The fourth-order valence-electron chi connectivity index (χ4n) is 2.56. The molecule has 1 aliphatic rings. The van der Waals surface area contributed by atoms with E-state index in [1.54, 1.807) is 0 Å². The van der Waals surface area contributed by atoms with Crippen molar-refractivity contribution >= 4 is 17.3 Å². The molecule has 116 valence electrons. The quantitative estimate of drug-likeness (QED) is 0.899. The Morgan fingerprint density at radius 2 is 1.90 bits per heavy atom. The minimum atomic E-state index is -0.518. The van der Waals surface area contributed by atoms with Crippen LogP contribution in [0, 0.1) is 12.3 Å². The summed E-state index contributed by atoms with van der Waals surface area (Å²) in [5, 5.41) is 2.95. The Labute approximate surface area is 127 Å². The maximum Gasteiger partial charge on any atom is 0.241 e. The van der Waals surface area contributed by atoms with Crippen LogP contribution in [0.5, 0.6) is 0 Å². The van der Waals surface area contributed by atoms with Gasteiger partial charge in [-0.1, -0.05) is 20.8 Å². The molecule has 1 saturated heterocycles. The Morgan fingerprint density at radius 1 is 1.29 bits per heavy atom. The van der Waals surface area contributed by atoms with E-state index in [2.05, 4.69) is 22.3 Å². The lowest BCUT2D eigenvalue weighted by atomic mass is 9.87. The van der Waals surface area contributed by atoms with Crippen LogP contribution >= 0.6 is 0 Å². The molecule has 0 bridgehead atoms. The van der Waals surface area contributed by atoms with Crippen molar-refractivity contribution in [2.45, 2.75) is 46.6 Å². The van der Waals surface area contributed by atoms with Gasteiger partial charge in [-0.15, -0.1) is 0 Å². The topological polar surface area (TPSA) is 58.4 Å². The van der Waals surface area contributed by atoms with E-state index in [-0.39, 0.29) is 11.3 Å². The molecular formula is C17H27N3O. The largest absolute Gasteiger partial charge is 0.372 e. The molecule has 0 aromatic heterocycles. The normalized spacial score (nSPS) is 16.9. The SMILES string of the molecule is Cc1cc(N2CCCC2)ccc1NC(=O)C(N)C(C)(C)C. The van der Waals surface area contributed by atoms with Crippen LogP contribution in [-0.4, -0.2) is 25.0 Å². The number of hydrogen-bond donors (Lipinski definition) is 2. The van der Waals surface area contributed by atoms with Gasteiger partial charge in [0.1, 0.15) is 0 Å². The van der Waals surface area contributed by atoms with Gasteiger partial charge in [0.05, 0.1) is 6.04 Å². The molecule has 3 N–H and O–H groups in total. The molecule has 4 nitrogen and oxygen atoms in total. The monoisotopic (exact) mass is 289 g/mol. The van der Waals surface area contributed by atoms with Gasteiger partial charge in [-0.3, -0.25) is 4.79 Å². The highest BCUT2D eigenvalue weighted by Crippen LogP contribution is 2.26. The third kappa shape index (κ3) is 3.76. The lowest BCUT2D eigenvalue weighted by molar-refractivity contribution is -0.119. The van der Waals surface area contributed by atoms with E-state index in [4.69, 9.17) is 5.73 Å². The van der Waals surface area contributed by atoms with Crippen molar-refractivity contribution in [1.82, 2.24) is 0 Å². The van der Waals surface area contributed by atoms with Crippen LogP contribution in [-0.2, 0) is 4.79 Å². The number of anilines is 2. The highest BCUT2D eigenvalue weighted by molar-refractivity contribution is 5.96. The summed E-state index contributed by atoms with van der Waals surface area (Å²) in [7, 11) is 0. The zero-order valence-corrected chi connectivity index (χ0v) is 13.6. The zero-order valence-electron chi connectivity index (χ0n) is 13.6. The first kappa shape index (κ1) is 15.8. The Kier molecular flexibility index (Phi) is 4.57. The average Bonchev–Trinajstić information content (AvgIpc) is 2.93. The third-order valence-electron chi connectivity index (χ3n) is 4.15. The molecule has 1 unspecified atom stereocenters. The summed E-state index contributed by atoms with van der Waals surface area (Å²) in [4.78, 5) is 14.6. The number of nitrogens with zero attached hydrogens (tertiary/aromatic N) is 1. The molecule has 1 atom stereocenters. The fraction of sp³-hybridized carbons (Fsp3) is 0.588. The Hall–Kier alpha value is -1.55. The van der Waals surface area contributed by atoms with Gasteiger partial charge in [0.2, 0.25) is 5.91 Å². The summed E-state index contributed by atoms with van der Waals surface area (Å²) in [6, 6.07) is 5.69. The van der Waals surface area contributed by atoms with Crippen LogP contribution in [0.3, 0.4) is 0 Å². The van der Waals surface area contributed by atoms with Crippen LogP contribution in [0.1, 0.15) is 39.2 Å². The van der Waals surface area contributed by atoms with Gasteiger partial charge < -0.3 is 16.0 Å². The molecule has 21 heavy (non-hydrogen) atoms. The Bertz CT molecular complexity index is 513. The average molecular weight is 289 g/mol. The van der Waals surface area contributed by atoms with E-state index in [9.17, 15) is 4.79 Å². The van der Waals surface area contributed by atoms with E-state index in [1.807, 2.05) is 33.8 Å². The fourth-order valence-corrected chi connectivity index (χ4v) is 2.56. The van der Waals surface area contributed by atoms with Crippen molar-refractivity contribution in [3.63, 3.8) is 0 Å². The minimum absolute atomic E-state index is 0.125. The first-order chi connectivity index (χ1) is 9.79. The summed E-state index contributed by atoms with van der Waals surface area (Å²) >= 11 is 0. The number of carbonyl (C=O) groups excluding carboxylic acids is 1. The molecule has 0 aliphatic carbocycles. The van der Waals surface area contributed by atoms with Gasteiger partial charge in [-0.05, 0) is 48.9 Å². The number of carbonyl (C=O) groups is 1. The van der Waals surface area contributed by atoms with E-state index in [1.165, 1.54) is 18.5 Å². The molecule has 1 aromatic carbocycles. The van der Waals surface area contributed by atoms with E-state index in [0.717, 1.165) is 24.3 Å². The predicted octanol–water partition coefficient (Wildman–Crippen LogP) is 2.91. The summed E-state index contributed by atoms with van der Waals surface area (Å²) < 4.78 is 0. The van der Waals surface area contributed by atoms with Gasteiger partial charge >= 0.3 is 0 Å². The van der Waals surface area contributed by atoms with Crippen LogP contribution < -0.4 is 16.0 Å². The maximum atomic E-state index is 12.2. The molecule has 1 amide bonds.